The van der Waals surface area contributed by atoms with Crippen LogP contribution in [0.4, 0.5) is 4.79 Å². The normalized spacial score (nSPS) is 9.70. The molecule has 1 rings (SSSR count). The molecule has 0 unspecified atom stereocenters. The third-order valence-electron chi connectivity index (χ3n) is 1.12. The van der Waals surface area contributed by atoms with Crippen LogP contribution in [0.15, 0.2) is 5.38 Å². The molecule has 4 nitrogen and oxygen atoms in total. The molecule has 0 aliphatic heterocycles. The molecule has 0 aliphatic carbocycles. The average Bonchev–Trinajstić information content (AvgIpc) is 2.11. The van der Waals surface area contributed by atoms with Crippen molar-refractivity contribution in [2.24, 2.45) is 5.73 Å². The third-order valence-corrected chi connectivity index (χ3v) is 1.98. The van der Waals surface area contributed by atoms with E-state index >= 15 is 0 Å². The van der Waals surface area contributed by atoms with Crippen LogP contribution in [0.1, 0.15) is 5.69 Å². The van der Waals surface area contributed by atoms with Crippen LogP contribution in [0.5, 0.6) is 0 Å². The summed E-state index contributed by atoms with van der Waals surface area (Å²) in [6, 6.07) is -0.594. The predicted octanol–water partition coefficient (Wildman–Crippen LogP) is 0.264. The molecule has 1 aromatic heterocycles. The number of hydrogen-bond acceptors (Lipinski definition) is 3. The van der Waals surface area contributed by atoms with Gasteiger partial charge in [-0.3, -0.25) is 5.41 Å². The molecule has 1 amide bonds. The van der Waals surface area contributed by atoms with E-state index in [4.69, 9.17) is 11.1 Å². The molecule has 10 heavy (non-hydrogen) atoms. The van der Waals surface area contributed by atoms with Gasteiger partial charge in [0.1, 0.15) is 0 Å². The quantitative estimate of drug-likeness (QED) is 0.557. The summed E-state index contributed by atoms with van der Waals surface area (Å²) >= 11 is 1.19. The number of carbonyl (C=O) groups excluding carboxylic acids is 1. The van der Waals surface area contributed by atoms with Gasteiger partial charge in [-0.15, -0.1) is 11.3 Å². The summed E-state index contributed by atoms with van der Waals surface area (Å²) in [5, 5.41) is 8.92. The molecule has 3 N–H and O–H groups in total. The number of hydrogen-bond donors (Lipinski definition) is 2. The molecule has 0 spiro atoms. The van der Waals surface area contributed by atoms with Crippen molar-refractivity contribution in [3.05, 3.63) is 15.9 Å². The number of thiazole rings is 1. The second-order valence-electron chi connectivity index (χ2n) is 1.86. The Balaban J connectivity index is 3.37. The number of carbonyl (C=O) groups is 1. The lowest BCUT2D eigenvalue weighted by Gasteiger charge is -1.95. The number of nitrogens with two attached hydrogens (primary N) is 1. The number of primary amides is 1. The molecule has 0 aliphatic rings. The lowest BCUT2D eigenvalue weighted by Crippen LogP contribution is -2.28. The van der Waals surface area contributed by atoms with Crippen LogP contribution in [-0.4, -0.2) is 10.6 Å². The molecule has 1 aromatic rings. The number of rotatable bonds is 0. The highest BCUT2D eigenvalue weighted by molar-refractivity contribution is 7.07. The summed E-state index contributed by atoms with van der Waals surface area (Å²) in [5.74, 6) is 0. The van der Waals surface area contributed by atoms with Gasteiger partial charge in [0.25, 0.3) is 0 Å². The highest BCUT2D eigenvalue weighted by Crippen LogP contribution is 1.96. The molecule has 0 fully saturated rings. The van der Waals surface area contributed by atoms with E-state index in [-0.39, 0.29) is 4.80 Å². The fourth-order valence-electron chi connectivity index (χ4n) is 0.681. The third kappa shape index (κ3) is 0.950. The number of nitrogens with zero attached hydrogens (tertiary/aromatic N) is 1. The topological polar surface area (TPSA) is 71.9 Å². The molecule has 5 heteroatoms. The summed E-state index contributed by atoms with van der Waals surface area (Å²) in [6.07, 6.45) is 0. The van der Waals surface area contributed by atoms with Crippen molar-refractivity contribution < 1.29 is 4.79 Å². The van der Waals surface area contributed by atoms with E-state index in [1.165, 1.54) is 11.3 Å². The summed E-state index contributed by atoms with van der Waals surface area (Å²) in [4.78, 5) is 10.7. The molecular weight excluding hydrogens is 150 g/mol. The van der Waals surface area contributed by atoms with Gasteiger partial charge in [0.15, 0.2) is 4.80 Å². The van der Waals surface area contributed by atoms with E-state index in [1.807, 2.05) is 0 Å². The van der Waals surface area contributed by atoms with E-state index in [9.17, 15) is 4.79 Å². The number of nitrogens with one attached hydrogen (secondary N) is 1. The van der Waals surface area contributed by atoms with Crippen LogP contribution >= 0.6 is 11.3 Å². The van der Waals surface area contributed by atoms with E-state index < -0.39 is 6.03 Å². The van der Waals surface area contributed by atoms with Crippen LogP contribution in [-0.2, 0) is 0 Å². The van der Waals surface area contributed by atoms with E-state index in [0.717, 1.165) is 4.57 Å². The maximum atomic E-state index is 10.6. The zero-order valence-corrected chi connectivity index (χ0v) is 6.23. The Morgan fingerprint density at radius 3 is 2.70 bits per heavy atom. The van der Waals surface area contributed by atoms with Crippen molar-refractivity contribution >= 4 is 17.4 Å². The number of aromatic nitrogens is 1. The first-order chi connectivity index (χ1) is 4.63. The highest BCUT2D eigenvalue weighted by Gasteiger charge is 2.03. The van der Waals surface area contributed by atoms with E-state index in [2.05, 4.69) is 0 Å². The SMILES string of the molecule is Cc1csc(=N)n1C(N)=O. The summed E-state index contributed by atoms with van der Waals surface area (Å²) in [5.41, 5.74) is 5.68. The Morgan fingerprint density at radius 1 is 1.90 bits per heavy atom. The van der Waals surface area contributed by atoms with Gasteiger partial charge in [0, 0.05) is 11.1 Å². The first-order valence-corrected chi connectivity index (χ1v) is 3.52. The van der Waals surface area contributed by atoms with Crippen molar-refractivity contribution in [3.63, 3.8) is 0 Å². The van der Waals surface area contributed by atoms with Crippen LogP contribution in [0, 0.1) is 12.3 Å². The predicted molar refractivity (Wildman–Crippen MR) is 37.9 cm³/mol. The van der Waals surface area contributed by atoms with Gasteiger partial charge in [-0.1, -0.05) is 0 Å². The van der Waals surface area contributed by atoms with Crippen molar-refractivity contribution in [1.82, 2.24) is 4.57 Å². The monoisotopic (exact) mass is 157 g/mol. The zero-order chi connectivity index (χ0) is 7.72. The first-order valence-electron chi connectivity index (χ1n) is 2.64. The van der Waals surface area contributed by atoms with Crippen molar-refractivity contribution in [2.45, 2.75) is 6.92 Å². The van der Waals surface area contributed by atoms with Gasteiger partial charge in [-0.2, -0.15) is 0 Å². The molecule has 0 saturated carbocycles. The molecular formula is C5H7N3OS. The van der Waals surface area contributed by atoms with Crippen LogP contribution < -0.4 is 10.5 Å². The van der Waals surface area contributed by atoms with Gasteiger partial charge in [0.05, 0.1) is 0 Å². The summed E-state index contributed by atoms with van der Waals surface area (Å²) < 4.78 is 1.16. The smallest absolute Gasteiger partial charge is 0.325 e. The van der Waals surface area contributed by atoms with Crippen molar-refractivity contribution in [2.75, 3.05) is 0 Å². The Kier molecular flexibility index (Phi) is 1.58. The average molecular weight is 157 g/mol. The first kappa shape index (κ1) is 7.01. The van der Waals surface area contributed by atoms with Gasteiger partial charge in [0.2, 0.25) is 0 Å². The summed E-state index contributed by atoms with van der Waals surface area (Å²) in [6.45, 7) is 1.74. The fraction of sp³-hybridized carbons (Fsp3) is 0.200. The van der Waals surface area contributed by atoms with E-state index in [0.29, 0.717) is 5.69 Å². The minimum absolute atomic E-state index is 0.171. The Labute approximate surface area is 61.4 Å². The lowest BCUT2D eigenvalue weighted by atomic mass is 10.5. The minimum atomic E-state index is -0.594. The fourth-order valence-corrected chi connectivity index (χ4v) is 1.41. The Bertz CT molecular complexity index is 311. The standard InChI is InChI=1S/C5H7N3OS/c1-3-2-10-5(7)8(3)4(6)9/h2,7H,1H3,(H2,6,9). The van der Waals surface area contributed by atoms with Crippen molar-refractivity contribution in [1.29, 1.82) is 5.41 Å². The van der Waals surface area contributed by atoms with Crippen LogP contribution in [0.25, 0.3) is 0 Å². The number of aryl methyl sites for hydroxylation is 1. The molecule has 0 aromatic carbocycles. The zero-order valence-electron chi connectivity index (χ0n) is 5.42. The maximum absolute atomic E-state index is 10.6. The molecule has 54 valence electrons. The van der Waals surface area contributed by atoms with Crippen LogP contribution in [0.2, 0.25) is 0 Å². The second kappa shape index (κ2) is 2.26. The van der Waals surface area contributed by atoms with E-state index in [1.54, 1.807) is 12.3 Å². The Morgan fingerprint density at radius 2 is 2.50 bits per heavy atom. The van der Waals surface area contributed by atoms with Gasteiger partial charge in [-0.05, 0) is 6.92 Å². The molecule has 0 saturated heterocycles. The van der Waals surface area contributed by atoms with Gasteiger partial charge in [-0.25, -0.2) is 9.36 Å². The maximum Gasteiger partial charge on any atom is 0.325 e. The molecule has 0 bridgehead atoms. The molecule has 0 atom stereocenters. The van der Waals surface area contributed by atoms with Gasteiger partial charge < -0.3 is 5.73 Å². The highest BCUT2D eigenvalue weighted by atomic mass is 32.1. The number of amides is 1. The minimum Gasteiger partial charge on any atom is -0.351 e. The molecule has 1 heterocycles. The summed E-state index contributed by atoms with van der Waals surface area (Å²) in [7, 11) is 0. The van der Waals surface area contributed by atoms with Gasteiger partial charge >= 0.3 is 6.03 Å². The Hall–Kier alpha value is -1.10. The second-order valence-corrected chi connectivity index (χ2v) is 2.71. The van der Waals surface area contributed by atoms with Crippen LogP contribution in [0.3, 0.4) is 0 Å². The largest absolute Gasteiger partial charge is 0.351 e. The van der Waals surface area contributed by atoms with Crippen molar-refractivity contribution in [3.8, 4) is 0 Å². The lowest BCUT2D eigenvalue weighted by molar-refractivity contribution is 0.249. The molecule has 0 radical (unpaired) electrons.